The molecule has 0 saturated heterocycles. The normalized spacial score (nSPS) is 14.5. The van der Waals surface area contributed by atoms with Gasteiger partial charge in [-0.05, 0) is 17.0 Å². The zero-order valence-corrected chi connectivity index (χ0v) is 7.24. The summed E-state index contributed by atoms with van der Waals surface area (Å²) in [5.74, 6) is 0.130. The van der Waals surface area contributed by atoms with E-state index in [2.05, 4.69) is 11.4 Å². The fourth-order valence-electron chi connectivity index (χ4n) is 1.24. The number of amidine groups is 1. The SMILES string of the molecule is N=C(N)C1=CNCc2ccsc21. The molecule has 0 aliphatic carbocycles. The van der Waals surface area contributed by atoms with E-state index in [1.165, 1.54) is 5.56 Å². The predicted molar refractivity (Wildman–Crippen MR) is 51.0 cm³/mol. The molecule has 62 valence electrons. The van der Waals surface area contributed by atoms with Gasteiger partial charge >= 0.3 is 0 Å². The number of nitrogens with two attached hydrogens (primary N) is 1. The van der Waals surface area contributed by atoms with Crippen molar-refractivity contribution in [1.29, 1.82) is 5.41 Å². The Morgan fingerprint density at radius 3 is 3.25 bits per heavy atom. The molecule has 0 unspecified atom stereocenters. The summed E-state index contributed by atoms with van der Waals surface area (Å²) in [7, 11) is 0. The van der Waals surface area contributed by atoms with Gasteiger partial charge in [0.2, 0.25) is 0 Å². The molecule has 0 bridgehead atoms. The minimum Gasteiger partial charge on any atom is -0.386 e. The standard InChI is InChI=1S/C8H9N3S/c9-8(10)6-4-11-3-5-1-2-12-7(5)6/h1-2,4,11H,3H2,(H3,9,10). The Bertz CT molecular complexity index is 351. The third-order valence-electron chi connectivity index (χ3n) is 1.82. The Kier molecular flexibility index (Phi) is 1.62. The number of hydrogen-bond donors (Lipinski definition) is 3. The molecule has 0 saturated carbocycles. The van der Waals surface area contributed by atoms with Gasteiger partial charge in [0.15, 0.2) is 0 Å². The largest absolute Gasteiger partial charge is 0.386 e. The Morgan fingerprint density at radius 2 is 2.50 bits per heavy atom. The van der Waals surface area contributed by atoms with E-state index in [4.69, 9.17) is 11.1 Å². The highest BCUT2D eigenvalue weighted by atomic mass is 32.1. The lowest BCUT2D eigenvalue weighted by molar-refractivity contribution is 0.862. The molecular formula is C8H9N3S. The molecule has 2 rings (SSSR count). The van der Waals surface area contributed by atoms with Crippen LogP contribution in [-0.4, -0.2) is 5.84 Å². The molecule has 4 heteroatoms. The van der Waals surface area contributed by atoms with Crippen LogP contribution in [0.3, 0.4) is 0 Å². The van der Waals surface area contributed by atoms with Crippen LogP contribution in [0.1, 0.15) is 10.4 Å². The summed E-state index contributed by atoms with van der Waals surface area (Å²) in [4.78, 5) is 1.13. The molecule has 1 aromatic rings. The van der Waals surface area contributed by atoms with Crippen LogP contribution < -0.4 is 11.1 Å². The molecule has 0 spiro atoms. The predicted octanol–water partition coefficient (Wildman–Crippen LogP) is 1.13. The molecule has 0 amide bonds. The third kappa shape index (κ3) is 1.00. The number of rotatable bonds is 1. The molecule has 0 atom stereocenters. The van der Waals surface area contributed by atoms with E-state index in [1.807, 2.05) is 5.38 Å². The average molecular weight is 179 g/mol. The van der Waals surface area contributed by atoms with Gasteiger partial charge in [0.25, 0.3) is 0 Å². The highest BCUT2D eigenvalue weighted by Crippen LogP contribution is 2.27. The van der Waals surface area contributed by atoms with Gasteiger partial charge in [-0.3, -0.25) is 5.41 Å². The molecule has 2 heterocycles. The Morgan fingerprint density at radius 1 is 1.67 bits per heavy atom. The van der Waals surface area contributed by atoms with Crippen molar-refractivity contribution in [3.8, 4) is 0 Å². The zero-order chi connectivity index (χ0) is 8.55. The van der Waals surface area contributed by atoms with Crippen LogP contribution in [0, 0.1) is 5.41 Å². The average Bonchev–Trinajstić information content (AvgIpc) is 2.49. The van der Waals surface area contributed by atoms with Crippen LogP contribution in [0.5, 0.6) is 0 Å². The second-order valence-corrected chi connectivity index (χ2v) is 3.54. The first-order chi connectivity index (χ1) is 5.79. The summed E-state index contributed by atoms with van der Waals surface area (Å²) in [5, 5.41) is 12.4. The van der Waals surface area contributed by atoms with Crippen molar-refractivity contribution in [2.75, 3.05) is 0 Å². The monoisotopic (exact) mass is 179 g/mol. The van der Waals surface area contributed by atoms with Gasteiger partial charge in [-0.1, -0.05) is 0 Å². The van der Waals surface area contributed by atoms with Crippen molar-refractivity contribution in [2.24, 2.45) is 5.73 Å². The summed E-state index contributed by atoms with van der Waals surface area (Å²) >= 11 is 1.63. The molecule has 4 N–H and O–H groups in total. The maximum Gasteiger partial charge on any atom is 0.125 e. The van der Waals surface area contributed by atoms with E-state index in [1.54, 1.807) is 17.5 Å². The van der Waals surface area contributed by atoms with E-state index in [9.17, 15) is 0 Å². The van der Waals surface area contributed by atoms with Crippen molar-refractivity contribution in [3.63, 3.8) is 0 Å². The van der Waals surface area contributed by atoms with Gasteiger partial charge < -0.3 is 11.1 Å². The number of thiophene rings is 1. The minimum absolute atomic E-state index is 0.130. The van der Waals surface area contributed by atoms with Crippen LogP contribution in [-0.2, 0) is 6.54 Å². The Hall–Kier alpha value is -1.29. The topological polar surface area (TPSA) is 61.9 Å². The molecule has 1 aliphatic rings. The van der Waals surface area contributed by atoms with Crippen molar-refractivity contribution >= 4 is 22.7 Å². The molecular weight excluding hydrogens is 170 g/mol. The Balaban J connectivity index is 2.50. The molecule has 0 fully saturated rings. The van der Waals surface area contributed by atoms with Gasteiger partial charge in [-0.15, -0.1) is 11.3 Å². The van der Waals surface area contributed by atoms with Crippen molar-refractivity contribution in [2.45, 2.75) is 6.54 Å². The Labute approximate surface area is 74.4 Å². The van der Waals surface area contributed by atoms with Crippen LogP contribution in [0.15, 0.2) is 17.6 Å². The first kappa shape index (κ1) is 7.36. The number of fused-ring (bicyclic) bond motifs is 1. The quantitative estimate of drug-likeness (QED) is 0.447. The van der Waals surface area contributed by atoms with E-state index >= 15 is 0 Å². The third-order valence-corrected chi connectivity index (χ3v) is 2.81. The second kappa shape index (κ2) is 2.64. The maximum absolute atomic E-state index is 7.33. The van der Waals surface area contributed by atoms with Crippen LogP contribution in [0.2, 0.25) is 0 Å². The van der Waals surface area contributed by atoms with E-state index < -0.39 is 0 Å². The van der Waals surface area contributed by atoms with Crippen LogP contribution >= 0.6 is 11.3 Å². The smallest absolute Gasteiger partial charge is 0.125 e. The van der Waals surface area contributed by atoms with Gasteiger partial charge in [0, 0.05) is 23.2 Å². The minimum atomic E-state index is 0.130. The molecule has 1 aliphatic heterocycles. The van der Waals surface area contributed by atoms with Gasteiger partial charge in [0.1, 0.15) is 5.84 Å². The summed E-state index contributed by atoms with van der Waals surface area (Å²) in [5.41, 5.74) is 7.46. The molecule has 0 aromatic carbocycles. The van der Waals surface area contributed by atoms with Gasteiger partial charge in [0.05, 0.1) is 0 Å². The van der Waals surface area contributed by atoms with Gasteiger partial charge in [-0.2, -0.15) is 0 Å². The lowest BCUT2D eigenvalue weighted by Crippen LogP contribution is -2.19. The van der Waals surface area contributed by atoms with E-state index in [0.29, 0.717) is 0 Å². The van der Waals surface area contributed by atoms with Crippen molar-refractivity contribution < 1.29 is 0 Å². The lowest BCUT2D eigenvalue weighted by Gasteiger charge is -2.13. The van der Waals surface area contributed by atoms with Crippen LogP contribution in [0.25, 0.3) is 5.57 Å². The van der Waals surface area contributed by atoms with Crippen molar-refractivity contribution in [3.05, 3.63) is 28.1 Å². The highest BCUT2D eigenvalue weighted by Gasteiger charge is 2.14. The fraction of sp³-hybridized carbons (Fsp3) is 0.125. The van der Waals surface area contributed by atoms with Crippen molar-refractivity contribution in [1.82, 2.24) is 5.32 Å². The first-order valence-electron chi connectivity index (χ1n) is 3.63. The van der Waals surface area contributed by atoms with Crippen LogP contribution in [0.4, 0.5) is 0 Å². The van der Waals surface area contributed by atoms with Gasteiger partial charge in [-0.25, -0.2) is 0 Å². The fourth-order valence-corrected chi connectivity index (χ4v) is 2.20. The zero-order valence-electron chi connectivity index (χ0n) is 6.42. The summed E-state index contributed by atoms with van der Waals surface area (Å²) < 4.78 is 0. The summed E-state index contributed by atoms with van der Waals surface area (Å²) in [6, 6.07) is 2.06. The summed E-state index contributed by atoms with van der Waals surface area (Å²) in [6.07, 6.45) is 1.81. The van der Waals surface area contributed by atoms with E-state index in [-0.39, 0.29) is 5.84 Å². The molecule has 0 radical (unpaired) electrons. The molecule has 12 heavy (non-hydrogen) atoms. The molecule has 3 nitrogen and oxygen atoms in total. The summed E-state index contributed by atoms with van der Waals surface area (Å²) in [6.45, 7) is 0.843. The first-order valence-corrected chi connectivity index (χ1v) is 4.51. The highest BCUT2D eigenvalue weighted by molar-refractivity contribution is 7.11. The number of hydrogen-bond acceptors (Lipinski definition) is 3. The number of nitrogens with one attached hydrogen (secondary N) is 2. The van der Waals surface area contributed by atoms with E-state index in [0.717, 1.165) is 17.0 Å². The second-order valence-electron chi connectivity index (χ2n) is 2.63. The lowest BCUT2D eigenvalue weighted by atomic mass is 10.1. The molecule has 1 aromatic heterocycles. The maximum atomic E-state index is 7.33.